The van der Waals surface area contributed by atoms with Crippen molar-refractivity contribution < 1.29 is 28.8 Å². The average Bonchev–Trinajstić information content (AvgIpc) is 3.05. The number of anilines is 1. The highest BCUT2D eigenvalue weighted by Gasteiger charge is 2.31. The molecule has 2 N–H and O–H groups in total. The first kappa shape index (κ1) is 20.8. The average molecular weight is 410 g/mol. The molecule has 1 saturated heterocycles. The molecular weight excluding hydrogens is 380 g/mol. The Kier molecular flexibility index (Phi) is 7.07. The van der Waals surface area contributed by atoms with Crippen molar-refractivity contribution in [2.45, 2.75) is 45.4 Å². The van der Waals surface area contributed by atoms with Gasteiger partial charge in [0.15, 0.2) is 6.54 Å². The van der Waals surface area contributed by atoms with Crippen LogP contribution in [0.4, 0.5) is 5.00 Å². The first-order chi connectivity index (χ1) is 13.5. The number of aryl methyl sites for hydroxylation is 1. The quantitative estimate of drug-likeness (QED) is 0.690. The first-order valence-corrected chi connectivity index (χ1v) is 10.9. The molecule has 154 valence electrons. The standard InChI is InChI=1S/C20H28N2O5S/c1-3-27-19(24)13-8-10-22(11-9-13)12-16(23)21-18-17(20(25)26-2)14-6-4-5-7-15(14)28-18/h13H,3-12H2,1-2H3,(H,21,23)/p+1. The zero-order valence-corrected chi connectivity index (χ0v) is 17.4. The van der Waals surface area contributed by atoms with Crippen LogP contribution >= 0.6 is 11.3 Å². The molecule has 2 aliphatic rings. The molecule has 0 saturated carbocycles. The number of carbonyl (C=O) groups excluding carboxylic acids is 3. The predicted octanol–water partition coefficient (Wildman–Crippen LogP) is 1.21. The molecule has 0 aromatic carbocycles. The van der Waals surface area contributed by atoms with Gasteiger partial charge in [-0.1, -0.05) is 0 Å². The van der Waals surface area contributed by atoms with Crippen molar-refractivity contribution in [3.8, 4) is 0 Å². The molecular formula is C20H29N2O5S+. The van der Waals surface area contributed by atoms with E-state index in [9.17, 15) is 14.4 Å². The van der Waals surface area contributed by atoms with E-state index in [1.165, 1.54) is 23.3 Å². The summed E-state index contributed by atoms with van der Waals surface area (Å²) in [7, 11) is 1.37. The molecule has 2 heterocycles. The maximum Gasteiger partial charge on any atom is 0.341 e. The summed E-state index contributed by atoms with van der Waals surface area (Å²) in [5, 5.41) is 3.57. The Hall–Kier alpha value is -1.93. The van der Waals surface area contributed by atoms with Crippen molar-refractivity contribution in [3.05, 3.63) is 16.0 Å². The minimum absolute atomic E-state index is 0.0540. The van der Waals surface area contributed by atoms with Gasteiger partial charge in [-0.25, -0.2) is 4.79 Å². The third-order valence-electron chi connectivity index (χ3n) is 5.54. The van der Waals surface area contributed by atoms with Crippen LogP contribution in [0.5, 0.6) is 0 Å². The number of fused-ring (bicyclic) bond motifs is 1. The van der Waals surface area contributed by atoms with E-state index in [1.807, 2.05) is 6.92 Å². The summed E-state index contributed by atoms with van der Waals surface area (Å²) in [6, 6.07) is 0. The van der Waals surface area contributed by atoms with Gasteiger partial charge in [-0.3, -0.25) is 9.59 Å². The van der Waals surface area contributed by atoms with Gasteiger partial charge < -0.3 is 19.7 Å². The molecule has 3 rings (SSSR count). The minimum Gasteiger partial charge on any atom is -0.466 e. The molecule has 8 heteroatoms. The van der Waals surface area contributed by atoms with E-state index in [0.717, 1.165) is 62.1 Å². The minimum atomic E-state index is -0.378. The smallest absolute Gasteiger partial charge is 0.341 e. The normalized spacial score (nSPS) is 21.5. The lowest BCUT2D eigenvalue weighted by molar-refractivity contribution is -0.897. The SMILES string of the molecule is CCOC(=O)C1CC[NH+](CC(=O)Nc2sc3c(c2C(=O)OC)CCCC3)CC1. The molecule has 0 bridgehead atoms. The van der Waals surface area contributed by atoms with Crippen LogP contribution in [-0.2, 0) is 31.9 Å². The van der Waals surface area contributed by atoms with Gasteiger partial charge in [-0.15, -0.1) is 11.3 Å². The second-order valence-corrected chi connectivity index (χ2v) is 8.51. The second kappa shape index (κ2) is 9.52. The second-order valence-electron chi connectivity index (χ2n) is 7.41. The number of piperidine rings is 1. The van der Waals surface area contributed by atoms with Crippen LogP contribution in [0.2, 0.25) is 0 Å². The number of hydrogen-bond donors (Lipinski definition) is 2. The van der Waals surface area contributed by atoms with E-state index in [-0.39, 0.29) is 23.8 Å². The number of carbonyl (C=O) groups is 3. The molecule has 1 aromatic heterocycles. The first-order valence-electron chi connectivity index (χ1n) is 10.1. The Bertz CT molecular complexity index is 737. The van der Waals surface area contributed by atoms with E-state index in [0.29, 0.717) is 23.7 Å². The monoisotopic (exact) mass is 409 g/mol. The third kappa shape index (κ3) is 4.72. The molecule has 1 fully saturated rings. The Balaban J connectivity index is 1.59. The Labute approximate surface area is 169 Å². The predicted molar refractivity (Wildman–Crippen MR) is 106 cm³/mol. The van der Waals surface area contributed by atoms with Crippen LogP contribution in [0.1, 0.15) is 53.4 Å². The number of amides is 1. The Morgan fingerprint density at radius 1 is 1.18 bits per heavy atom. The van der Waals surface area contributed by atoms with Gasteiger partial charge in [0.25, 0.3) is 5.91 Å². The summed E-state index contributed by atoms with van der Waals surface area (Å²) in [5.74, 6) is -0.662. The van der Waals surface area contributed by atoms with Crippen molar-refractivity contribution in [1.29, 1.82) is 0 Å². The molecule has 7 nitrogen and oxygen atoms in total. The van der Waals surface area contributed by atoms with Gasteiger partial charge in [0.2, 0.25) is 0 Å². The molecule has 0 spiro atoms. The van der Waals surface area contributed by atoms with Gasteiger partial charge in [0, 0.05) is 17.7 Å². The highest BCUT2D eigenvalue weighted by atomic mass is 32.1. The molecule has 1 aliphatic heterocycles. The van der Waals surface area contributed by atoms with Crippen molar-refractivity contribution in [1.82, 2.24) is 0 Å². The van der Waals surface area contributed by atoms with E-state index >= 15 is 0 Å². The largest absolute Gasteiger partial charge is 0.466 e. The van der Waals surface area contributed by atoms with E-state index < -0.39 is 0 Å². The molecule has 1 aromatic rings. The summed E-state index contributed by atoms with van der Waals surface area (Å²) in [6.07, 6.45) is 5.46. The topological polar surface area (TPSA) is 86.1 Å². The Morgan fingerprint density at radius 3 is 2.57 bits per heavy atom. The van der Waals surface area contributed by atoms with Crippen LogP contribution < -0.4 is 10.2 Å². The van der Waals surface area contributed by atoms with E-state index in [2.05, 4.69) is 5.32 Å². The summed E-state index contributed by atoms with van der Waals surface area (Å²) >= 11 is 1.50. The van der Waals surface area contributed by atoms with Gasteiger partial charge in [0.05, 0.1) is 38.3 Å². The fourth-order valence-corrected chi connectivity index (χ4v) is 5.36. The fraction of sp³-hybridized carbons (Fsp3) is 0.650. The van der Waals surface area contributed by atoms with Crippen molar-refractivity contribution >= 4 is 34.2 Å². The Morgan fingerprint density at radius 2 is 1.89 bits per heavy atom. The van der Waals surface area contributed by atoms with E-state index in [4.69, 9.17) is 9.47 Å². The van der Waals surface area contributed by atoms with Crippen molar-refractivity contribution in [2.75, 3.05) is 38.7 Å². The number of hydrogen-bond acceptors (Lipinski definition) is 6. The lowest BCUT2D eigenvalue weighted by Gasteiger charge is -2.27. The molecule has 0 radical (unpaired) electrons. The molecule has 1 amide bonds. The zero-order valence-electron chi connectivity index (χ0n) is 16.6. The maximum absolute atomic E-state index is 12.6. The van der Waals surface area contributed by atoms with Crippen LogP contribution in [0.15, 0.2) is 0 Å². The fourth-order valence-electron chi connectivity index (χ4n) is 4.07. The number of ether oxygens (including phenoxy) is 2. The maximum atomic E-state index is 12.6. The lowest BCUT2D eigenvalue weighted by atomic mass is 9.95. The zero-order chi connectivity index (χ0) is 20.1. The van der Waals surface area contributed by atoms with Gasteiger partial charge in [0.1, 0.15) is 5.00 Å². The molecule has 28 heavy (non-hydrogen) atoms. The number of rotatable bonds is 6. The summed E-state index contributed by atoms with van der Waals surface area (Å²) in [4.78, 5) is 39.1. The summed E-state index contributed by atoms with van der Waals surface area (Å²) in [6.45, 7) is 4.08. The number of quaternary nitrogens is 1. The number of methoxy groups -OCH3 is 1. The van der Waals surface area contributed by atoms with Crippen LogP contribution in [0, 0.1) is 5.92 Å². The lowest BCUT2D eigenvalue weighted by Crippen LogP contribution is -3.14. The molecule has 0 atom stereocenters. The highest BCUT2D eigenvalue weighted by Crippen LogP contribution is 2.38. The number of thiophene rings is 1. The van der Waals surface area contributed by atoms with Gasteiger partial charge in [-0.05, 0) is 38.2 Å². The van der Waals surface area contributed by atoms with Gasteiger partial charge >= 0.3 is 11.9 Å². The van der Waals surface area contributed by atoms with Crippen LogP contribution in [-0.4, -0.2) is 51.2 Å². The number of likely N-dealkylation sites (tertiary alicyclic amines) is 1. The summed E-state index contributed by atoms with van der Waals surface area (Å²) in [5.41, 5.74) is 1.58. The third-order valence-corrected chi connectivity index (χ3v) is 6.74. The van der Waals surface area contributed by atoms with Crippen LogP contribution in [0.25, 0.3) is 0 Å². The van der Waals surface area contributed by atoms with Crippen molar-refractivity contribution in [3.63, 3.8) is 0 Å². The van der Waals surface area contributed by atoms with Gasteiger partial charge in [-0.2, -0.15) is 0 Å². The van der Waals surface area contributed by atoms with Crippen LogP contribution in [0.3, 0.4) is 0 Å². The number of esters is 2. The summed E-state index contributed by atoms with van der Waals surface area (Å²) < 4.78 is 10.0. The molecule has 1 aliphatic carbocycles. The highest BCUT2D eigenvalue weighted by molar-refractivity contribution is 7.17. The van der Waals surface area contributed by atoms with Crippen molar-refractivity contribution in [2.24, 2.45) is 5.92 Å². The van der Waals surface area contributed by atoms with E-state index in [1.54, 1.807) is 0 Å². The molecule has 0 unspecified atom stereocenters. The number of nitrogens with one attached hydrogen (secondary N) is 2.